The van der Waals surface area contributed by atoms with Gasteiger partial charge in [0.05, 0.1) is 17.0 Å². The van der Waals surface area contributed by atoms with Crippen molar-refractivity contribution in [3.05, 3.63) is 75.5 Å². The summed E-state index contributed by atoms with van der Waals surface area (Å²) in [6, 6.07) is 7.84. The first kappa shape index (κ1) is 20.4. The minimum absolute atomic E-state index is 0.0193. The molecule has 2 heterocycles. The van der Waals surface area contributed by atoms with Gasteiger partial charge < -0.3 is 15.2 Å². The standard InChI is InChI=1S/C22H20ClN3O3/c1-5-6-28-22(27)18-13(4)29-21(25)16(10-24)19(18)15-9-14-12(3)7-11(2)8-17(14)26-20(15)23/h5,7-9,19H,1,6,25H2,2-4H3/t19-/m0/s1. The highest BCUT2D eigenvalue weighted by Crippen LogP contribution is 2.42. The van der Waals surface area contributed by atoms with Crippen LogP contribution in [0.25, 0.3) is 10.9 Å². The predicted molar refractivity (Wildman–Crippen MR) is 111 cm³/mol. The fourth-order valence-corrected chi connectivity index (χ4v) is 3.75. The Balaban J connectivity index is 2.27. The Morgan fingerprint density at radius 3 is 2.79 bits per heavy atom. The third-order valence-electron chi connectivity index (χ3n) is 4.73. The van der Waals surface area contributed by atoms with E-state index in [0.717, 1.165) is 22.0 Å². The Kier molecular flexibility index (Phi) is 5.62. The van der Waals surface area contributed by atoms with E-state index in [9.17, 15) is 10.1 Å². The Morgan fingerprint density at radius 2 is 2.14 bits per heavy atom. The van der Waals surface area contributed by atoms with Crippen LogP contribution in [0.1, 0.15) is 29.5 Å². The number of carbonyl (C=O) groups is 1. The molecule has 0 unspecified atom stereocenters. The maximum atomic E-state index is 12.8. The first-order valence-corrected chi connectivity index (χ1v) is 9.30. The summed E-state index contributed by atoms with van der Waals surface area (Å²) in [5, 5.41) is 10.8. The first-order valence-electron chi connectivity index (χ1n) is 8.92. The smallest absolute Gasteiger partial charge is 0.338 e. The summed E-state index contributed by atoms with van der Waals surface area (Å²) in [6.45, 7) is 9.10. The second kappa shape index (κ2) is 7.98. The number of halogens is 1. The average Bonchev–Trinajstić information content (AvgIpc) is 2.65. The van der Waals surface area contributed by atoms with Gasteiger partial charge in [0.15, 0.2) is 0 Å². The van der Waals surface area contributed by atoms with E-state index in [4.69, 9.17) is 26.8 Å². The molecule has 148 valence electrons. The van der Waals surface area contributed by atoms with Crippen LogP contribution in [-0.4, -0.2) is 17.6 Å². The number of aryl methyl sites for hydroxylation is 2. The summed E-state index contributed by atoms with van der Waals surface area (Å²) in [5.41, 5.74) is 9.47. The van der Waals surface area contributed by atoms with Crippen LogP contribution in [-0.2, 0) is 14.3 Å². The third-order valence-corrected chi connectivity index (χ3v) is 5.04. The van der Waals surface area contributed by atoms with Gasteiger partial charge in [0.2, 0.25) is 5.88 Å². The van der Waals surface area contributed by atoms with E-state index >= 15 is 0 Å². The van der Waals surface area contributed by atoms with Crippen LogP contribution in [0, 0.1) is 25.2 Å². The summed E-state index contributed by atoms with van der Waals surface area (Å²) in [5.74, 6) is -1.31. The molecule has 1 aromatic heterocycles. The van der Waals surface area contributed by atoms with Gasteiger partial charge in [0, 0.05) is 10.9 Å². The van der Waals surface area contributed by atoms with E-state index in [2.05, 4.69) is 11.6 Å². The molecule has 1 atom stereocenters. The van der Waals surface area contributed by atoms with Crippen molar-refractivity contribution in [2.75, 3.05) is 6.61 Å². The lowest BCUT2D eigenvalue weighted by Crippen LogP contribution is -2.26. The van der Waals surface area contributed by atoms with Gasteiger partial charge in [-0.15, -0.1) is 0 Å². The predicted octanol–water partition coefficient (Wildman–Crippen LogP) is 4.32. The number of nitrogens with zero attached hydrogens (tertiary/aromatic N) is 2. The van der Waals surface area contributed by atoms with E-state index in [1.54, 1.807) is 6.92 Å². The van der Waals surface area contributed by atoms with Gasteiger partial charge in [-0.1, -0.05) is 30.3 Å². The van der Waals surface area contributed by atoms with Gasteiger partial charge in [0.1, 0.15) is 29.2 Å². The molecule has 0 amide bonds. The zero-order chi connectivity index (χ0) is 21.3. The van der Waals surface area contributed by atoms with Gasteiger partial charge in [-0.2, -0.15) is 5.26 Å². The molecule has 0 bridgehead atoms. The minimum Gasteiger partial charge on any atom is -0.458 e. The lowest BCUT2D eigenvalue weighted by Gasteiger charge is -2.27. The average molecular weight is 410 g/mol. The molecule has 29 heavy (non-hydrogen) atoms. The van der Waals surface area contributed by atoms with Gasteiger partial charge >= 0.3 is 5.97 Å². The number of carbonyl (C=O) groups excluding carboxylic acids is 1. The fraction of sp³-hybridized carbons (Fsp3) is 0.227. The number of benzene rings is 1. The second-order valence-corrected chi connectivity index (χ2v) is 7.16. The van der Waals surface area contributed by atoms with Crippen molar-refractivity contribution in [3.63, 3.8) is 0 Å². The molecule has 0 fully saturated rings. The molecule has 2 N–H and O–H groups in total. The molecule has 0 radical (unpaired) electrons. The Hall–Kier alpha value is -3.30. The van der Waals surface area contributed by atoms with Crippen molar-refractivity contribution in [2.24, 2.45) is 5.73 Å². The quantitative estimate of drug-likeness (QED) is 0.458. The number of fused-ring (bicyclic) bond motifs is 1. The number of nitriles is 1. The topological polar surface area (TPSA) is 98.2 Å². The van der Waals surface area contributed by atoms with E-state index < -0.39 is 11.9 Å². The van der Waals surface area contributed by atoms with Crippen LogP contribution >= 0.6 is 11.6 Å². The van der Waals surface area contributed by atoms with E-state index in [-0.39, 0.29) is 34.5 Å². The lowest BCUT2D eigenvalue weighted by atomic mass is 9.83. The summed E-state index contributed by atoms with van der Waals surface area (Å²) < 4.78 is 10.7. The number of hydrogen-bond donors (Lipinski definition) is 1. The van der Waals surface area contributed by atoms with Gasteiger partial charge in [0.25, 0.3) is 0 Å². The van der Waals surface area contributed by atoms with Crippen molar-refractivity contribution in [1.29, 1.82) is 5.26 Å². The lowest BCUT2D eigenvalue weighted by molar-refractivity contribution is -0.138. The van der Waals surface area contributed by atoms with Crippen molar-refractivity contribution in [1.82, 2.24) is 4.98 Å². The molecule has 0 spiro atoms. The number of aromatic nitrogens is 1. The van der Waals surface area contributed by atoms with E-state index in [1.807, 2.05) is 38.1 Å². The highest BCUT2D eigenvalue weighted by Gasteiger charge is 2.38. The zero-order valence-electron chi connectivity index (χ0n) is 16.4. The van der Waals surface area contributed by atoms with Gasteiger partial charge in [-0.3, -0.25) is 0 Å². The highest BCUT2D eigenvalue weighted by molar-refractivity contribution is 6.31. The molecule has 0 saturated heterocycles. The molecule has 3 rings (SSSR count). The first-order chi connectivity index (χ1) is 13.8. The van der Waals surface area contributed by atoms with E-state index in [0.29, 0.717) is 5.56 Å². The molecular formula is C22H20ClN3O3. The number of rotatable bonds is 4. The third kappa shape index (κ3) is 3.69. The molecule has 0 saturated carbocycles. The maximum absolute atomic E-state index is 12.8. The second-order valence-electron chi connectivity index (χ2n) is 6.80. The largest absolute Gasteiger partial charge is 0.458 e. The van der Waals surface area contributed by atoms with Crippen LogP contribution in [0.2, 0.25) is 5.15 Å². The number of esters is 1. The van der Waals surface area contributed by atoms with Gasteiger partial charge in [-0.05, 0) is 44.0 Å². The molecule has 1 aliphatic rings. The van der Waals surface area contributed by atoms with E-state index in [1.165, 1.54) is 6.08 Å². The summed E-state index contributed by atoms with van der Waals surface area (Å²) >= 11 is 6.52. The molecular weight excluding hydrogens is 390 g/mol. The highest BCUT2D eigenvalue weighted by atomic mass is 35.5. The maximum Gasteiger partial charge on any atom is 0.338 e. The van der Waals surface area contributed by atoms with Crippen molar-refractivity contribution in [3.8, 4) is 6.07 Å². The Labute approximate surface area is 173 Å². The number of pyridine rings is 1. The van der Waals surface area contributed by atoms with Crippen molar-refractivity contribution >= 4 is 28.5 Å². The fourth-order valence-electron chi connectivity index (χ4n) is 3.49. The minimum atomic E-state index is -0.851. The molecule has 2 aromatic rings. The monoisotopic (exact) mass is 409 g/mol. The van der Waals surface area contributed by atoms with Gasteiger partial charge in [-0.25, -0.2) is 9.78 Å². The van der Waals surface area contributed by atoms with Crippen LogP contribution in [0.3, 0.4) is 0 Å². The summed E-state index contributed by atoms with van der Waals surface area (Å²) in [6.07, 6.45) is 1.46. The number of allylic oxidation sites excluding steroid dienone is 2. The van der Waals surface area contributed by atoms with Crippen LogP contribution in [0.5, 0.6) is 0 Å². The van der Waals surface area contributed by atoms with Crippen LogP contribution in [0.15, 0.2) is 53.6 Å². The van der Waals surface area contributed by atoms with Crippen LogP contribution in [0.4, 0.5) is 0 Å². The van der Waals surface area contributed by atoms with Crippen molar-refractivity contribution < 1.29 is 14.3 Å². The molecule has 0 aliphatic carbocycles. The molecule has 1 aromatic carbocycles. The summed E-state index contributed by atoms with van der Waals surface area (Å²) in [4.78, 5) is 17.3. The zero-order valence-corrected chi connectivity index (χ0v) is 17.1. The summed E-state index contributed by atoms with van der Waals surface area (Å²) in [7, 11) is 0. The molecule has 7 heteroatoms. The SMILES string of the molecule is C=CCOC(=O)C1=C(C)OC(N)=C(C#N)[C@@H]1c1cc2c(C)cc(C)cc2nc1Cl. The normalized spacial score (nSPS) is 16.4. The number of nitrogens with two attached hydrogens (primary N) is 1. The Bertz CT molecular complexity index is 1140. The number of ether oxygens (including phenoxy) is 2. The molecule has 6 nitrogen and oxygen atoms in total. The van der Waals surface area contributed by atoms with Crippen LogP contribution < -0.4 is 5.73 Å². The number of hydrogen-bond acceptors (Lipinski definition) is 6. The van der Waals surface area contributed by atoms with Crippen molar-refractivity contribution in [2.45, 2.75) is 26.7 Å². The molecule has 1 aliphatic heterocycles. The Morgan fingerprint density at radius 1 is 1.41 bits per heavy atom.